The Balaban J connectivity index is 2.18. The third-order valence-electron chi connectivity index (χ3n) is 1.99. The molecule has 0 unspecified atom stereocenters. The van der Waals surface area contributed by atoms with Gasteiger partial charge in [-0.3, -0.25) is 4.79 Å². The smallest absolute Gasteiger partial charge is 0.223 e. The van der Waals surface area contributed by atoms with Crippen LogP contribution in [0.3, 0.4) is 0 Å². The van der Waals surface area contributed by atoms with Gasteiger partial charge in [-0.15, -0.1) is 11.3 Å². The zero-order valence-corrected chi connectivity index (χ0v) is 11.3. The third-order valence-corrected chi connectivity index (χ3v) is 3.92. The summed E-state index contributed by atoms with van der Waals surface area (Å²) < 4.78 is 1.14. The molecule has 0 aliphatic heterocycles. The van der Waals surface area contributed by atoms with Crippen LogP contribution >= 0.6 is 27.3 Å². The van der Waals surface area contributed by atoms with Gasteiger partial charge in [-0.05, 0) is 27.4 Å². The number of thiophene rings is 1. The van der Waals surface area contributed by atoms with Gasteiger partial charge >= 0.3 is 0 Å². The van der Waals surface area contributed by atoms with Gasteiger partial charge in [-0.1, -0.05) is 0 Å². The fourth-order valence-corrected chi connectivity index (χ4v) is 2.53. The van der Waals surface area contributed by atoms with Gasteiger partial charge in [0.15, 0.2) is 0 Å². The summed E-state index contributed by atoms with van der Waals surface area (Å²) in [6.07, 6.45) is 0.552. The van der Waals surface area contributed by atoms with Crippen LogP contribution in [-0.4, -0.2) is 31.4 Å². The summed E-state index contributed by atoms with van der Waals surface area (Å²) in [5, 5.41) is 5.30. The van der Waals surface area contributed by atoms with Crippen molar-refractivity contribution in [1.29, 1.82) is 0 Å². The van der Waals surface area contributed by atoms with Crippen molar-refractivity contribution in [3.63, 3.8) is 0 Å². The van der Waals surface area contributed by atoms with Crippen molar-refractivity contribution in [3.05, 3.63) is 20.8 Å². The number of carbonyl (C=O) groups excluding carboxylic acids is 1. The number of halogens is 1. The van der Waals surface area contributed by atoms with E-state index in [4.69, 9.17) is 0 Å². The maximum atomic E-state index is 11.3. The Morgan fingerprint density at radius 1 is 1.60 bits per heavy atom. The summed E-state index contributed by atoms with van der Waals surface area (Å²) in [5.74, 6) is 0.160. The number of nitrogens with one attached hydrogen (secondary N) is 1. The van der Waals surface area contributed by atoms with Gasteiger partial charge in [-0.25, -0.2) is 0 Å². The lowest BCUT2D eigenvalue weighted by molar-refractivity contribution is -0.128. The quantitative estimate of drug-likeness (QED) is 0.842. The molecular formula is C10H15BrN2OS. The molecule has 1 rings (SSSR count). The molecule has 5 heteroatoms. The molecule has 0 aliphatic rings. The number of amides is 1. The first kappa shape index (κ1) is 12.7. The van der Waals surface area contributed by atoms with Crippen LogP contribution in [0.4, 0.5) is 0 Å². The molecule has 0 spiro atoms. The summed E-state index contributed by atoms with van der Waals surface area (Å²) in [7, 11) is 3.55. The van der Waals surface area contributed by atoms with Gasteiger partial charge < -0.3 is 10.2 Å². The summed E-state index contributed by atoms with van der Waals surface area (Å²) in [6.45, 7) is 1.54. The Kier molecular flexibility index (Phi) is 5.28. The summed E-state index contributed by atoms with van der Waals surface area (Å²) in [5.41, 5.74) is 0. The van der Waals surface area contributed by atoms with Crippen molar-refractivity contribution in [2.45, 2.75) is 13.0 Å². The van der Waals surface area contributed by atoms with Gasteiger partial charge in [0.05, 0.1) is 0 Å². The SMILES string of the molecule is CN(C)C(=O)CCNCc1sccc1Br. The molecule has 1 amide bonds. The minimum Gasteiger partial charge on any atom is -0.349 e. The molecule has 1 N–H and O–H groups in total. The molecule has 0 saturated carbocycles. The molecule has 0 aliphatic carbocycles. The summed E-state index contributed by atoms with van der Waals surface area (Å²) in [6, 6.07) is 2.03. The van der Waals surface area contributed by atoms with Crippen LogP contribution in [0.1, 0.15) is 11.3 Å². The van der Waals surface area contributed by atoms with E-state index in [2.05, 4.69) is 21.2 Å². The van der Waals surface area contributed by atoms with Gasteiger partial charge in [-0.2, -0.15) is 0 Å². The van der Waals surface area contributed by atoms with Crippen molar-refractivity contribution < 1.29 is 4.79 Å². The van der Waals surface area contributed by atoms with Crippen LogP contribution in [-0.2, 0) is 11.3 Å². The van der Waals surface area contributed by atoms with Crippen molar-refractivity contribution in [3.8, 4) is 0 Å². The van der Waals surface area contributed by atoms with Crippen LogP contribution in [0.5, 0.6) is 0 Å². The number of hydrogen-bond donors (Lipinski definition) is 1. The van der Waals surface area contributed by atoms with Gasteiger partial charge in [0.2, 0.25) is 5.91 Å². The van der Waals surface area contributed by atoms with Crippen molar-refractivity contribution in [1.82, 2.24) is 10.2 Å². The zero-order chi connectivity index (χ0) is 11.3. The Hall–Kier alpha value is -0.390. The monoisotopic (exact) mass is 290 g/mol. The maximum absolute atomic E-state index is 11.3. The Bertz CT molecular complexity index is 325. The molecule has 0 atom stereocenters. The van der Waals surface area contributed by atoms with E-state index >= 15 is 0 Å². The lowest BCUT2D eigenvalue weighted by Crippen LogP contribution is -2.26. The van der Waals surface area contributed by atoms with Crippen LogP contribution in [0.25, 0.3) is 0 Å². The second-order valence-electron chi connectivity index (χ2n) is 3.41. The predicted molar refractivity (Wildman–Crippen MR) is 67.0 cm³/mol. The van der Waals surface area contributed by atoms with Crippen LogP contribution in [0.15, 0.2) is 15.9 Å². The van der Waals surface area contributed by atoms with Gasteiger partial charge in [0.25, 0.3) is 0 Å². The van der Waals surface area contributed by atoms with E-state index in [1.807, 2.05) is 11.4 Å². The van der Waals surface area contributed by atoms with E-state index < -0.39 is 0 Å². The summed E-state index contributed by atoms with van der Waals surface area (Å²) >= 11 is 5.18. The number of nitrogens with zero attached hydrogens (tertiary/aromatic N) is 1. The van der Waals surface area contributed by atoms with E-state index in [1.54, 1.807) is 30.3 Å². The Labute approximate surface area is 103 Å². The first-order valence-corrected chi connectivity index (χ1v) is 6.41. The second kappa shape index (κ2) is 6.25. The average Bonchev–Trinajstić information content (AvgIpc) is 2.58. The maximum Gasteiger partial charge on any atom is 0.223 e. The Morgan fingerprint density at radius 3 is 2.87 bits per heavy atom. The minimum absolute atomic E-state index is 0.160. The normalized spacial score (nSPS) is 10.3. The minimum atomic E-state index is 0.160. The van der Waals surface area contributed by atoms with Crippen LogP contribution in [0.2, 0.25) is 0 Å². The predicted octanol–water partition coefficient (Wildman–Crippen LogP) is 2.08. The highest BCUT2D eigenvalue weighted by molar-refractivity contribution is 9.10. The third kappa shape index (κ3) is 4.32. The topological polar surface area (TPSA) is 32.3 Å². The van der Waals surface area contributed by atoms with E-state index in [0.717, 1.165) is 17.6 Å². The molecule has 1 heterocycles. The first-order chi connectivity index (χ1) is 7.11. The molecule has 0 saturated heterocycles. The molecule has 15 heavy (non-hydrogen) atoms. The standard InChI is InChI=1S/C10H15BrN2OS/c1-13(2)10(14)3-5-12-7-9-8(11)4-6-15-9/h4,6,12H,3,5,7H2,1-2H3. The number of hydrogen-bond acceptors (Lipinski definition) is 3. The highest BCUT2D eigenvalue weighted by Crippen LogP contribution is 2.21. The summed E-state index contributed by atoms with van der Waals surface area (Å²) in [4.78, 5) is 14.1. The van der Waals surface area contributed by atoms with Crippen LogP contribution < -0.4 is 5.32 Å². The largest absolute Gasteiger partial charge is 0.349 e. The van der Waals surface area contributed by atoms with Crippen LogP contribution in [0, 0.1) is 0 Å². The van der Waals surface area contributed by atoms with E-state index in [1.165, 1.54) is 4.88 Å². The van der Waals surface area contributed by atoms with Gasteiger partial charge in [0.1, 0.15) is 0 Å². The number of carbonyl (C=O) groups is 1. The molecule has 0 fully saturated rings. The average molecular weight is 291 g/mol. The lowest BCUT2D eigenvalue weighted by atomic mass is 10.3. The number of rotatable bonds is 5. The fourth-order valence-electron chi connectivity index (χ4n) is 1.07. The highest BCUT2D eigenvalue weighted by Gasteiger charge is 2.04. The molecular weight excluding hydrogens is 276 g/mol. The van der Waals surface area contributed by atoms with Crippen molar-refractivity contribution in [2.75, 3.05) is 20.6 Å². The van der Waals surface area contributed by atoms with Gasteiger partial charge in [0, 0.05) is 43.0 Å². The van der Waals surface area contributed by atoms with Crippen molar-refractivity contribution in [2.24, 2.45) is 0 Å². The van der Waals surface area contributed by atoms with E-state index in [9.17, 15) is 4.79 Å². The lowest BCUT2D eigenvalue weighted by Gasteiger charge is -2.10. The molecule has 0 bridgehead atoms. The highest BCUT2D eigenvalue weighted by atomic mass is 79.9. The fraction of sp³-hybridized carbons (Fsp3) is 0.500. The van der Waals surface area contributed by atoms with E-state index in [-0.39, 0.29) is 5.91 Å². The molecule has 0 aromatic carbocycles. The first-order valence-electron chi connectivity index (χ1n) is 4.74. The molecule has 1 aromatic rings. The van der Waals surface area contributed by atoms with Crippen molar-refractivity contribution >= 4 is 33.2 Å². The van der Waals surface area contributed by atoms with E-state index in [0.29, 0.717) is 6.42 Å². The molecule has 0 radical (unpaired) electrons. The molecule has 1 aromatic heterocycles. The second-order valence-corrected chi connectivity index (χ2v) is 5.26. The Morgan fingerprint density at radius 2 is 2.33 bits per heavy atom. The molecule has 84 valence electrons. The molecule has 3 nitrogen and oxygen atoms in total. The zero-order valence-electron chi connectivity index (χ0n) is 8.92.